The van der Waals surface area contributed by atoms with Crippen LogP contribution in [0, 0.1) is 0 Å². The van der Waals surface area contributed by atoms with Crippen molar-refractivity contribution in [1.82, 2.24) is 5.32 Å². The van der Waals surface area contributed by atoms with Gasteiger partial charge in [0.15, 0.2) is 11.8 Å². The van der Waals surface area contributed by atoms with Crippen LogP contribution in [0.25, 0.3) is 0 Å². The molecule has 0 aromatic heterocycles. The molecule has 0 aromatic carbocycles. The first-order chi connectivity index (χ1) is 6.63. The number of hydrogen-bond acceptors (Lipinski definition) is 4. The number of hydrogen-bond donors (Lipinski definition) is 2. The molecule has 0 aliphatic heterocycles. The van der Waals surface area contributed by atoms with Crippen LogP contribution in [0.3, 0.4) is 0 Å². The van der Waals surface area contributed by atoms with Gasteiger partial charge in [0.25, 0.3) is 0 Å². The van der Waals surface area contributed by atoms with Crippen molar-refractivity contribution >= 4 is 17.8 Å². The van der Waals surface area contributed by atoms with E-state index in [1.54, 1.807) is 20.8 Å². The topological polar surface area (TPSA) is 92.7 Å². The van der Waals surface area contributed by atoms with Crippen LogP contribution in [0.2, 0.25) is 0 Å². The Hall–Kier alpha value is -1.59. The quantitative estimate of drug-likeness (QED) is 0.673. The summed E-state index contributed by atoms with van der Waals surface area (Å²) in [7, 11) is 0. The van der Waals surface area contributed by atoms with E-state index in [4.69, 9.17) is 9.84 Å². The minimum atomic E-state index is -1.56. The highest BCUT2D eigenvalue weighted by atomic mass is 16.6. The van der Waals surface area contributed by atoms with E-state index >= 15 is 0 Å². The Morgan fingerprint density at radius 1 is 1.27 bits per heavy atom. The molecule has 15 heavy (non-hydrogen) atoms. The first-order valence-corrected chi connectivity index (χ1v) is 4.36. The molecule has 0 bridgehead atoms. The number of aliphatic carboxylic acids is 1. The molecule has 0 fully saturated rings. The fraction of sp³-hybridized carbons (Fsp3) is 0.667. The molecule has 1 amide bonds. The van der Waals surface area contributed by atoms with E-state index in [0.717, 1.165) is 6.92 Å². The van der Waals surface area contributed by atoms with Crippen LogP contribution in [0.5, 0.6) is 0 Å². The van der Waals surface area contributed by atoms with E-state index in [1.807, 2.05) is 5.32 Å². The molecule has 0 heterocycles. The summed E-state index contributed by atoms with van der Waals surface area (Å²) in [5.74, 6) is -2.07. The van der Waals surface area contributed by atoms with E-state index < -0.39 is 29.5 Å². The van der Waals surface area contributed by atoms with Gasteiger partial charge in [0.05, 0.1) is 0 Å². The molecular weight excluding hydrogens is 202 g/mol. The molecular formula is C9H15NO5. The maximum atomic E-state index is 11.1. The number of amides is 1. The normalized spacial score (nSPS) is 12.8. The lowest BCUT2D eigenvalue weighted by Crippen LogP contribution is -2.47. The maximum Gasteiger partial charge on any atom is 0.408 e. The van der Waals surface area contributed by atoms with Crippen molar-refractivity contribution in [3.63, 3.8) is 0 Å². The highest BCUT2D eigenvalue weighted by Crippen LogP contribution is 2.06. The van der Waals surface area contributed by atoms with Crippen molar-refractivity contribution in [3.8, 4) is 0 Å². The summed E-state index contributed by atoms with van der Waals surface area (Å²) in [6.07, 6.45) is -0.926. The van der Waals surface area contributed by atoms with E-state index in [-0.39, 0.29) is 0 Å². The summed E-state index contributed by atoms with van der Waals surface area (Å²) >= 11 is 0. The number of carboxylic acids is 1. The van der Waals surface area contributed by atoms with Gasteiger partial charge in [0, 0.05) is 0 Å². The number of carbonyl (C=O) groups is 3. The van der Waals surface area contributed by atoms with Gasteiger partial charge in [0.2, 0.25) is 0 Å². The molecule has 6 heteroatoms. The Labute approximate surface area is 87.6 Å². The summed E-state index contributed by atoms with van der Waals surface area (Å²) in [4.78, 5) is 32.5. The number of alkyl carbamates (subject to hydrolysis) is 1. The Morgan fingerprint density at radius 3 is 2.00 bits per heavy atom. The SMILES string of the molecule is CC(=O)[C@H](NC(=O)OC(C)(C)C)C(=O)O. The largest absolute Gasteiger partial charge is 0.479 e. The second-order valence-electron chi connectivity index (χ2n) is 4.03. The minimum absolute atomic E-state index is 0.659. The molecule has 86 valence electrons. The molecule has 0 spiro atoms. The number of nitrogens with one attached hydrogen (secondary N) is 1. The van der Waals surface area contributed by atoms with Crippen LogP contribution >= 0.6 is 0 Å². The van der Waals surface area contributed by atoms with Crippen molar-refractivity contribution < 1.29 is 24.2 Å². The average Bonchev–Trinajstić information content (AvgIpc) is 1.95. The molecule has 0 saturated heterocycles. The van der Waals surface area contributed by atoms with E-state index in [1.165, 1.54) is 0 Å². The Morgan fingerprint density at radius 2 is 1.73 bits per heavy atom. The Bertz CT molecular complexity index is 265. The number of ketones is 1. The molecule has 2 N–H and O–H groups in total. The fourth-order valence-corrected chi connectivity index (χ4v) is 0.763. The van der Waals surface area contributed by atoms with Crippen molar-refractivity contribution in [2.24, 2.45) is 0 Å². The molecule has 0 unspecified atom stereocenters. The third-order valence-electron chi connectivity index (χ3n) is 1.31. The highest BCUT2D eigenvalue weighted by Gasteiger charge is 2.27. The summed E-state index contributed by atoms with van der Waals surface area (Å²) in [5.41, 5.74) is -0.732. The standard InChI is InChI=1S/C9H15NO5/c1-5(11)6(7(12)13)10-8(14)15-9(2,3)4/h6H,1-4H3,(H,10,14)(H,12,13)/t6-/m0/s1. The zero-order valence-electron chi connectivity index (χ0n) is 9.16. The van der Waals surface area contributed by atoms with Gasteiger partial charge in [-0.05, 0) is 27.7 Å². The van der Waals surface area contributed by atoms with Gasteiger partial charge < -0.3 is 15.2 Å². The molecule has 6 nitrogen and oxygen atoms in total. The van der Waals surface area contributed by atoms with Crippen LogP contribution in [0.1, 0.15) is 27.7 Å². The highest BCUT2D eigenvalue weighted by molar-refractivity contribution is 6.03. The maximum absolute atomic E-state index is 11.1. The van der Waals surface area contributed by atoms with Gasteiger partial charge >= 0.3 is 12.1 Å². The minimum Gasteiger partial charge on any atom is -0.479 e. The van der Waals surface area contributed by atoms with Crippen molar-refractivity contribution in [2.75, 3.05) is 0 Å². The van der Waals surface area contributed by atoms with Gasteiger partial charge in [-0.2, -0.15) is 0 Å². The van der Waals surface area contributed by atoms with Crippen LogP contribution in [0.4, 0.5) is 4.79 Å². The summed E-state index contributed by atoms with van der Waals surface area (Å²) in [6, 6.07) is -1.56. The molecule has 0 rings (SSSR count). The van der Waals surface area contributed by atoms with Crippen LogP contribution in [0.15, 0.2) is 0 Å². The van der Waals surface area contributed by atoms with Gasteiger partial charge in [-0.25, -0.2) is 9.59 Å². The number of rotatable bonds is 3. The number of ether oxygens (including phenoxy) is 1. The second-order valence-corrected chi connectivity index (χ2v) is 4.03. The van der Waals surface area contributed by atoms with Gasteiger partial charge in [0.1, 0.15) is 5.60 Å². The Kier molecular flexibility index (Phi) is 4.26. The van der Waals surface area contributed by atoms with Gasteiger partial charge in [-0.15, -0.1) is 0 Å². The van der Waals surface area contributed by atoms with Crippen LogP contribution in [-0.2, 0) is 14.3 Å². The Balaban J connectivity index is 4.38. The van der Waals surface area contributed by atoms with Crippen molar-refractivity contribution in [3.05, 3.63) is 0 Å². The first kappa shape index (κ1) is 13.4. The summed E-state index contributed by atoms with van der Waals surface area (Å²) in [6.45, 7) is 5.98. The van der Waals surface area contributed by atoms with Crippen molar-refractivity contribution in [1.29, 1.82) is 0 Å². The van der Waals surface area contributed by atoms with Crippen molar-refractivity contribution in [2.45, 2.75) is 39.3 Å². The lowest BCUT2D eigenvalue weighted by molar-refractivity contribution is -0.142. The van der Waals surface area contributed by atoms with Crippen LogP contribution < -0.4 is 5.32 Å². The number of carboxylic acid groups (broad SMARTS) is 1. The first-order valence-electron chi connectivity index (χ1n) is 4.36. The number of Topliss-reactive ketones (excluding diaryl/α,β-unsaturated/α-hetero) is 1. The predicted octanol–water partition coefficient (Wildman–Crippen LogP) is 0.553. The monoisotopic (exact) mass is 217 g/mol. The predicted molar refractivity (Wildman–Crippen MR) is 51.5 cm³/mol. The molecule has 0 aliphatic rings. The van der Waals surface area contributed by atoms with Crippen LogP contribution in [-0.4, -0.2) is 34.6 Å². The summed E-state index contributed by atoms with van der Waals surface area (Å²) < 4.78 is 4.80. The smallest absolute Gasteiger partial charge is 0.408 e. The third-order valence-corrected chi connectivity index (χ3v) is 1.31. The molecule has 0 saturated carbocycles. The van der Waals surface area contributed by atoms with Gasteiger partial charge in [-0.3, -0.25) is 4.79 Å². The lowest BCUT2D eigenvalue weighted by Gasteiger charge is -2.21. The fourth-order valence-electron chi connectivity index (χ4n) is 0.763. The summed E-state index contributed by atoms with van der Waals surface area (Å²) in [5, 5.41) is 10.6. The second kappa shape index (κ2) is 4.77. The zero-order chi connectivity index (χ0) is 12.2. The molecule has 0 aromatic rings. The zero-order valence-corrected chi connectivity index (χ0v) is 9.16. The molecule has 0 aliphatic carbocycles. The van der Waals surface area contributed by atoms with E-state index in [2.05, 4.69) is 0 Å². The van der Waals surface area contributed by atoms with E-state index in [0.29, 0.717) is 0 Å². The molecule has 0 radical (unpaired) electrons. The average molecular weight is 217 g/mol. The number of carbonyl (C=O) groups excluding carboxylic acids is 2. The van der Waals surface area contributed by atoms with E-state index in [9.17, 15) is 14.4 Å². The van der Waals surface area contributed by atoms with Gasteiger partial charge in [-0.1, -0.05) is 0 Å². The lowest BCUT2D eigenvalue weighted by atomic mass is 10.2. The third kappa shape index (κ3) is 5.66. The molecule has 1 atom stereocenters.